The summed E-state index contributed by atoms with van der Waals surface area (Å²) in [5.41, 5.74) is 1.91. The van der Waals surface area contributed by atoms with Crippen LogP contribution in [0.3, 0.4) is 0 Å². The molecule has 21 heavy (non-hydrogen) atoms. The van der Waals surface area contributed by atoms with Crippen molar-refractivity contribution in [1.29, 1.82) is 0 Å². The summed E-state index contributed by atoms with van der Waals surface area (Å²) >= 11 is 9.42. The Balaban J connectivity index is 1.95. The van der Waals surface area contributed by atoms with Crippen LogP contribution >= 0.6 is 27.5 Å². The molecule has 0 amide bonds. The summed E-state index contributed by atoms with van der Waals surface area (Å²) < 4.78 is 3.23. The molecule has 1 aliphatic rings. The van der Waals surface area contributed by atoms with E-state index in [2.05, 4.69) is 37.3 Å². The Hall–Kier alpha value is -0.650. The molecule has 1 saturated heterocycles. The zero-order chi connectivity index (χ0) is 14.8. The Morgan fingerprint density at radius 3 is 2.86 bits per heavy atom. The highest BCUT2D eigenvalue weighted by atomic mass is 79.9. The van der Waals surface area contributed by atoms with Crippen LogP contribution in [-0.2, 0) is 6.42 Å². The lowest BCUT2D eigenvalue weighted by atomic mass is 10.3. The first-order valence-corrected chi connectivity index (χ1v) is 8.82. The highest BCUT2D eigenvalue weighted by Gasteiger charge is 2.20. The van der Waals surface area contributed by atoms with Crippen LogP contribution in [0.4, 0.5) is 0 Å². The topological polar surface area (TPSA) is 34.0 Å². The first kappa shape index (κ1) is 15.3. The third-order valence-electron chi connectivity index (χ3n) is 4.05. The number of alkyl halides is 1. The average Bonchev–Trinajstić information content (AvgIpc) is 3.05. The second-order valence-electron chi connectivity index (χ2n) is 5.69. The van der Waals surface area contributed by atoms with Crippen LogP contribution in [0.25, 0.3) is 11.2 Å². The number of aryl methyl sites for hydroxylation is 1. The number of likely N-dealkylation sites (tertiary alicyclic amines) is 1. The smallest absolute Gasteiger partial charge is 0.160 e. The van der Waals surface area contributed by atoms with Crippen molar-refractivity contribution in [1.82, 2.24) is 19.4 Å². The molecular weight excluding hydrogens is 352 g/mol. The van der Waals surface area contributed by atoms with Crippen LogP contribution in [0, 0.1) is 0 Å². The highest BCUT2D eigenvalue weighted by molar-refractivity contribution is 9.10. The lowest BCUT2D eigenvalue weighted by Crippen LogP contribution is -2.28. The van der Waals surface area contributed by atoms with Crippen LogP contribution in [0.5, 0.6) is 0 Å². The fourth-order valence-corrected chi connectivity index (χ4v) is 3.64. The van der Waals surface area contributed by atoms with E-state index in [9.17, 15) is 0 Å². The first-order chi connectivity index (χ1) is 10.2. The molecule has 3 rings (SSSR count). The lowest BCUT2D eigenvalue weighted by molar-refractivity contribution is 0.287. The molecule has 1 aliphatic heterocycles. The van der Waals surface area contributed by atoms with Gasteiger partial charge in [0, 0.05) is 35.6 Å². The molecule has 3 heterocycles. The van der Waals surface area contributed by atoms with Crippen molar-refractivity contribution >= 4 is 38.7 Å². The van der Waals surface area contributed by atoms with E-state index < -0.39 is 0 Å². The van der Waals surface area contributed by atoms with Crippen molar-refractivity contribution in [2.24, 2.45) is 0 Å². The van der Waals surface area contributed by atoms with Gasteiger partial charge in [-0.15, -0.1) is 11.6 Å². The average molecular weight is 372 g/mol. The summed E-state index contributed by atoms with van der Waals surface area (Å²) in [7, 11) is 0. The summed E-state index contributed by atoms with van der Waals surface area (Å²) in [5, 5.41) is 0. The first-order valence-electron chi connectivity index (χ1n) is 7.49. The second kappa shape index (κ2) is 6.63. The van der Waals surface area contributed by atoms with Gasteiger partial charge in [-0.1, -0.05) is 0 Å². The van der Waals surface area contributed by atoms with Gasteiger partial charge in [0.1, 0.15) is 11.3 Å². The minimum Gasteiger partial charge on any atom is -0.309 e. The predicted octanol–water partition coefficient (Wildman–Crippen LogP) is 3.63. The number of aromatic nitrogens is 3. The van der Waals surface area contributed by atoms with Crippen molar-refractivity contribution < 1.29 is 0 Å². The number of hydrogen-bond acceptors (Lipinski definition) is 3. The molecule has 2 aromatic heterocycles. The van der Waals surface area contributed by atoms with E-state index in [1.165, 1.54) is 25.9 Å². The van der Waals surface area contributed by atoms with Gasteiger partial charge in [-0.25, -0.2) is 9.97 Å². The van der Waals surface area contributed by atoms with Crippen molar-refractivity contribution in [2.75, 3.05) is 25.5 Å². The molecular formula is C15H20BrClN4. The Morgan fingerprint density at radius 1 is 1.38 bits per heavy atom. The second-order valence-corrected chi connectivity index (χ2v) is 6.98. The fraction of sp³-hybridized carbons (Fsp3) is 0.600. The van der Waals surface area contributed by atoms with E-state index in [-0.39, 0.29) is 0 Å². The van der Waals surface area contributed by atoms with Crippen molar-refractivity contribution in [3.63, 3.8) is 0 Å². The SMILES string of the molecule is CC(CN1CCCC1)n1c(CCCl)nc2cc(Br)cnc21. The third kappa shape index (κ3) is 3.25. The summed E-state index contributed by atoms with van der Waals surface area (Å²) in [6, 6.07) is 2.39. The largest absolute Gasteiger partial charge is 0.309 e. The van der Waals surface area contributed by atoms with Gasteiger partial charge in [-0.05, 0) is 54.9 Å². The molecule has 6 heteroatoms. The minimum absolute atomic E-state index is 0.361. The summed E-state index contributed by atoms with van der Waals surface area (Å²) in [6.45, 7) is 5.72. The van der Waals surface area contributed by atoms with E-state index in [1.807, 2.05) is 12.3 Å². The molecule has 0 N–H and O–H groups in total. The third-order valence-corrected chi connectivity index (χ3v) is 4.67. The summed E-state index contributed by atoms with van der Waals surface area (Å²) in [6.07, 6.45) is 5.25. The van der Waals surface area contributed by atoms with Gasteiger partial charge >= 0.3 is 0 Å². The van der Waals surface area contributed by atoms with Gasteiger partial charge in [0.05, 0.1) is 0 Å². The standard InChI is InChI=1S/C15H20BrClN4/c1-11(10-20-6-2-3-7-20)21-14(4-5-17)19-13-8-12(16)9-18-15(13)21/h8-9,11H,2-7,10H2,1H3. The number of pyridine rings is 1. The molecule has 2 aromatic rings. The van der Waals surface area contributed by atoms with Gasteiger partial charge in [0.2, 0.25) is 0 Å². The maximum Gasteiger partial charge on any atom is 0.160 e. The Morgan fingerprint density at radius 2 is 2.14 bits per heavy atom. The fourth-order valence-electron chi connectivity index (χ4n) is 3.15. The molecule has 1 fully saturated rings. The van der Waals surface area contributed by atoms with E-state index in [0.29, 0.717) is 11.9 Å². The number of imidazole rings is 1. The van der Waals surface area contributed by atoms with E-state index in [0.717, 1.165) is 34.4 Å². The normalized spacial score (nSPS) is 17.7. The van der Waals surface area contributed by atoms with Crippen LogP contribution in [0.1, 0.15) is 31.6 Å². The molecule has 0 spiro atoms. The molecule has 0 aliphatic carbocycles. The van der Waals surface area contributed by atoms with E-state index in [1.54, 1.807) is 0 Å². The van der Waals surface area contributed by atoms with Crippen molar-refractivity contribution in [3.8, 4) is 0 Å². The predicted molar refractivity (Wildman–Crippen MR) is 90.0 cm³/mol. The molecule has 0 bridgehead atoms. The monoisotopic (exact) mass is 370 g/mol. The molecule has 1 unspecified atom stereocenters. The maximum atomic E-state index is 5.95. The van der Waals surface area contributed by atoms with Crippen LogP contribution < -0.4 is 0 Å². The van der Waals surface area contributed by atoms with Gasteiger partial charge in [-0.3, -0.25) is 0 Å². The van der Waals surface area contributed by atoms with Crippen molar-refractivity contribution in [2.45, 2.75) is 32.2 Å². The summed E-state index contributed by atoms with van der Waals surface area (Å²) in [4.78, 5) is 11.8. The highest BCUT2D eigenvalue weighted by Crippen LogP contribution is 2.24. The van der Waals surface area contributed by atoms with Crippen LogP contribution in [-0.4, -0.2) is 44.9 Å². The quantitative estimate of drug-likeness (QED) is 0.753. The molecule has 0 aromatic carbocycles. The molecule has 1 atom stereocenters. The maximum absolute atomic E-state index is 5.95. The molecule has 0 saturated carbocycles. The zero-order valence-corrected chi connectivity index (χ0v) is 14.6. The van der Waals surface area contributed by atoms with Gasteiger partial charge in [0.15, 0.2) is 5.65 Å². The molecule has 0 radical (unpaired) electrons. The number of halogens is 2. The van der Waals surface area contributed by atoms with Gasteiger partial charge in [-0.2, -0.15) is 0 Å². The number of hydrogen-bond donors (Lipinski definition) is 0. The number of rotatable bonds is 5. The van der Waals surface area contributed by atoms with Gasteiger partial charge < -0.3 is 9.47 Å². The Bertz CT molecular complexity index is 621. The summed E-state index contributed by atoms with van der Waals surface area (Å²) in [5.74, 6) is 1.62. The zero-order valence-electron chi connectivity index (χ0n) is 12.2. The molecule has 114 valence electrons. The van der Waals surface area contributed by atoms with Gasteiger partial charge in [0.25, 0.3) is 0 Å². The lowest BCUT2D eigenvalue weighted by Gasteiger charge is -2.23. The van der Waals surface area contributed by atoms with E-state index >= 15 is 0 Å². The number of nitrogens with zero attached hydrogens (tertiary/aromatic N) is 4. The van der Waals surface area contributed by atoms with Crippen LogP contribution in [0.2, 0.25) is 0 Å². The Kier molecular flexibility index (Phi) is 4.82. The Labute approximate surface area is 138 Å². The number of fused-ring (bicyclic) bond motifs is 1. The molecule has 4 nitrogen and oxygen atoms in total. The minimum atomic E-state index is 0.361. The van der Waals surface area contributed by atoms with Crippen molar-refractivity contribution in [3.05, 3.63) is 22.6 Å². The van der Waals surface area contributed by atoms with E-state index in [4.69, 9.17) is 16.6 Å². The van der Waals surface area contributed by atoms with Crippen LogP contribution in [0.15, 0.2) is 16.7 Å².